The molecule has 1 rings (SSSR count). The van der Waals surface area contributed by atoms with E-state index in [9.17, 15) is 14.3 Å². The number of ether oxygens (including phenoxy) is 1. The molecule has 15 heavy (non-hydrogen) atoms. The summed E-state index contributed by atoms with van der Waals surface area (Å²) in [7, 11) is 0. The molecule has 0 radical (unpaired) electrons. The molecule has 0 saturated heterocycles. The molecule has 0 aliphatic heterocycles. The van der Waals surface area contributed by atoms with Crippen molar-refractivity contribution < 1.29 is 19.0 Å². The number of aliphatic hydroxyl groups is 1. The number of aliphatic hydroxyl groups excluding tert-OH is 1. The highest BCUT2D eigenvalue weighted by atomic mass is 19.1. The van der Waals surface area contributed by atoms with Gasteiger partial charge in [0.05, 0.1) is 18.2 Å². The lowest BCUT2D eigenvalue weighted by Crippen LogP contribution is -2.01. The van der Waals surface area contributed by atoms with Crippen LogP contribution in [0.2, 0.25) is 0 Å². The molecule has 0 aliphatic rings. The van der Waals surface area contributed by atoms with Gasteiger partial charge >= 0.3 is 5.97 Å². The zero-order valence-corrected chi connectivity index (χ0v) is 8.24. The standard InChI is InChI=1S/C11H11FO3/c1-2-15-11(14)7-10(13)8-5-3-4-6-9(8)12/h3-7,13H,2H2,1H3. The van der Waals surface area contributed by atoms with Gasteiger partial charge in [0.15, 0.2) is 0 Å². The normalized spacial score (nSPS) is 11.2. The SMILES string of the molecule is CCOC(=O)C=C(O)c1ccccc1F. The number of esters is 1. The topological polar surface area (TPSA) is 46.5 Å². The molecular weight excluding hydrogens is 199 g/mol. The zero-order valence-electron chi connectivity index (χ0n) is 8.24. The molecule has 0 fully saturated rings. The van der Waals surface area contributed by atoms with Gasteiger partial charge in [-0.3, -0.25) is 0 Å². The van der Waals surface area contributed by atoms with E-state index in [0.29, 0.717) is 0 Å². The molecular formula is C11H11FO3. The van der Waals surface area contributed by atoms with Crippen LogP contribution in [0, 0.1) is 5.82 Å². The van der Waals surface area contributed by atoms with Gasteiger partial charge in [0.2, 0.25) is 0 Å². The van der Waals surface area contributed by atoms with Gasteiger partial charge in [0, 0.05) is 0 Å². The van der Waals surface area contributed by atoms with Crippen molar-refractivity contribution in [3.8, 4) is 0 Å². The van der Waals surface area contributed by atoms with E-state index in [4.69, 9.17) is 0 Å². The van der Waals surface area contributed by atoms with Gasteiger partial charge in [0.1, 0.15) is 11.6 Å². The molecule has 4 heteroatoms. The van der Waals surface area contributed by atoms with Crippen LogP contribution in [0.5, 0.6) is 0 Å². The fraction of sp³-hybridized carbons (Fsp3) is 0.182. The lowest BCUT2D eigenvalue weighted by atomic mass is 10.1. The number of rotatable bonds is 3. The molecule has 0 unspecified atom stereocenters. The molecule has 0 atom stereocenters. The van der Waals surface area contributed by atoms with Crippen LogP contribution in [0.25, 0.3) is 5.76 Å². The largest absolute Gasteiger partial charge is 0.507 e. The van der Waals surface area contributed by atoms with Crippen LogP contribution in [0.3, 0.4) is 0 Å². The van der Waals surface area contributed by atoms with Gasteiger partial charge < -0.3 is 9.84 Å². The van der Waals surface area contributed by atoms with Gasteiger partial charge in [-0.25, -0.2) is 9.18 Å². The van der Waals surface area contributed by atoms with Crippen molar-refractivity contribution in [2.24, 2.45) is 0 Å². The first kappa shape index (κ1) is 11.2. The predicted octanol–water partition coefficient (Wildman–Crippen LogP) is 2.29. The van der Waals surface area contributed by atoms with Crippen LogP contribution < -0.4 is 0 Å². The number of carbonyl (C=O) groups excluding carboxylic acids is 1. The van der Waals surface area contributed by atoms with E-state index in [1.807, 2.05) is 0 Å². The summed E-state index contributed by atoms with van der Waals surface area (Å²) in [6.45, 7) is 1.85. The molecule has 0 aromatic heterocycles. The molecule has 0 spiro atoms. The Bertz CT molecular complexity index is 385. The van der Waals surface area contributed by atoms with Gasteiger partial charge in [-0.1, -0.05) is 12.1 Å². The average molecular weight is 210 g/mol. The van der Waals surface area contributed by atoms with Crippen LogP contribution >= 0.6 is 0 Å². The molecule has 1 N–H and O–H groups in total. The second-order valence-electron chi connectivity index (χ2n) is 2.76. The minimum atomic E-state index is -0.696. The highest BCUT2D eigenvalue weighted by Crippen LogP contribution is 2.15. The third-order valence-electron chi connectivity index (χ3n) is 1.69. The Kier molecular flexibility index (Phi) is 3.85. The first-order valence-corrected chi connectivity index (χ1v) is 4.47. The van der Waals surface area contributed by atoms with Crippen LogP contribution in [-0.2, 0) is 9.53 Å². The second kappa shape index (κ2) is 5.14. The van der Waals surface area contributed by atoms with Crippen molar-refractivity contribution in [1.82, 2.24) is 0 Å². The summed E-state index contributed by atoms with van der Waals surface area (Å²) >= 11 is 0. The summed E-state index contributed by atoms with van der Waals surface area (Å²) < 4.78 is 17.7. The lowest BCUT2D eigenvalue weighted by molar-refractivity contribution is -0.137. The molecule has 3 nitrogen and oxygen atoms in total. The van der Waals surface area contributed by atoms with Crippen molar-refractivity contribution in [3.05, 3.63) is 41.7 Å². The van der Waals surface area contributed by atoms with Crippen molar-refractivity contribution >= 4 is 11.7 Å². The molecule has 0 bridgehead atoms. The van der Waals surface area contributed by atoms with Crippen LogP contribution in [0.15, 0.2) is 30.3 Å². The first-order valence-electron chi connectivity index (χ1n) is 4.47. The fourth-order valence-electron chi connectivity index (χ4n) is 1.04. The number of hydrogen-bond donors (Lipinski definition) is 1. The molecule has 0 amide bonds. The molecule has 0 heterocycles. The minimum absolute atomic E-state index is 0.0226. The van der Waals surface area contributed by atoms with E-state index in [-0.39, 0.29) is 12.2 Å². The zero-order chi connectivity index (χ0) is 11.3. The Balaban J connectivity index is 2.89. The van der Waals surface area contributed by atoms with E-state index >= 15 is 0 Å². The number of benzene rings is 1. The maximum absolute atomic E-state index is 13.1. The van der Waals surface area contributed by atoms with Gasteiger partial charge in [0.25, 0.3) is 0 Å². The molecule has 0 saturated carbocycles. The fourth-order valence-corrected chi connectivity index (χ4v) is 1.04. The van der Waals surface area contributed by atoms with Crippen molar-refractivity contribution in [2.45, 2.75) is 6.92 Å². The maximum Gasteiger partial charge on any atom is 0.334 e. The van der Waals surface area contributed by atoms with Crippen LogP contribution in [-0.4, -0.2) is 17.7 Å². The molecule has 1 aromatic carbocycles. The lowest BCUT2D eigenvalue weighted by Gasteiger charge is -2.01. The summed E-state index contributed by atoms with van der Waals surface area (Å²) in [4.78, 5) is 11.0. The third-order valence-corrected chi connectivity index (χ3v) is 1.69. The summed E-state index contributed by atoms with van der Waals surface area (Å²) in [5.74, 6) is -1.72. The van der Waals surface area contributed by atoms with Gasteiger partial charge in [-0.05, 0) is 19.1 Å². The Labute approximate surface area is 86.8 Å². The van der Waals surface area contributed by atoms with Crippen molar-refractivity contribution in [3.63, 3.8) is 0 Å². The van der Waals surface area contributed by atoms with Gasteiger partial charge in [-0.2, -0.15) is 0 Å². The number of carbonyl (C=O) groups is 1. The monoisotopic (exact) mass is 210 g/mol. The second-order valence-corrected chi connectivity index (χ2v) is 2.76. The predicted molar refractivity (Wildman–Crippen MR) is 53.6 cm³/mol. The van der Waals surface area contributed by atoms with E-state index in [0.717, 1.165) is 6.08 Å². The van der Waals surface area contributed by atoms with E-state index in [1.165, 1.54) is 18.2 Å². The van der Waals surface area contributed by atoms with E-state index in [1.54, 1.807) is 13.0 Å². The quantitative estimate of drug-likeness (QED) is 0.473. The van der Waals surface area contributed by atoms with Crippen molar-refractivity contribution in [1.29, 1.82) is 0 Å². The Morgan fingerprint density at radius 3 is 2.80 bits per heavy atom. The maximum atomic E-state index is 13.1. The average Bonchev–Trinajstić information content (AvgIpc) is 2.18. The highest BCUT2D eigenvalue weighted by Gasteiger charge is 2.07. The summed E-state index contributed by atoms with van der Waals surface area (Å²) in [5, 5.41) is 9.42. The number of hydrogen-bond acceptors (Lipinski definition) is 3. The first-order chi connectivity index (χ1) is 7.15. The summed E-state index contributed by atoms with van der Waals surface area (Å²) in [6.07, 6.45) is 0.849. The van der Waals surface area contributed by atoms with E-state index in [2.05, 4.69) is 4.74 Å². The minimum Gasteiger partial charge on any atom is -0.507 e. The summed E-state index contributed by atoms with van der Waals surface area (Å²) in [5.41, 5.74) is -0.0226. The number of halogens is 1. The Morgan fingerprint density at radius 2 is 2.20 bits per heavy atom. The smallest absolute Gasteiger partial charge is 0.334 e. The van der Waals surface area contributed by atoms with Crippen molar-refractivity contribution in [2.75, 3.05) is 6.61 Å². The third kappa shape index (κ3) is 3.09. The Morgan fingerprint density at radius 1 is 1.53 bits per heavy atom. The molecule has 0 aliphatic carbocycles. The van der Waals surface area contributed by atoms with Crippen LogP contribution in [0.4, 0.5) is 4.39 Å². The molecule has 80 valence electrons. The van der Waals surface area contributed by atoms with Crippen LogP contribution in [0.1, 0.15) is 12.5 Å². The summed E-state index contributed by atoms with van der Waals surface area (Å²) in [6, 6.07) is 5.63. The van der Waals surface area contributed by atoms with Gasteiger partial charge in [-0.15, -0.1) is 0 Å². The van der Waals surface area contributed by atoms with E-state index < -0.39 is 17.5 Å². The Hall–Kier alpha value is -1.84. The highest BCUT2D eigenvalue weighted by molar-refractivity contribution is 5.89. The molecule has 1 aromatic rings.